The minimum absolute atomic E-state index is 0.0844. The molecule has 0 radical (unpaired) electrons. The van der Waals surface area contributed by atoms with Crippen molar-refractivity contribution in [3.8, 4) is 11.4 Å². The highest BCUT2D eigenvalue weighted by atomic mass is 16.2. The Bertz CT molecular complexity index is 615. The molecule has 1 aromatic carbocycles. The molecule has 110 valence electrons. The lowest BCUT2D eigenvalue weighted by Gasteiger charge is -2.31. The topological polar surface area (TPSA) is 83.8 Å². The maximum Gasteiger partial charge on any atom is 0.244 e. The number of nitrogens with zero attached hydrogens (tertiary/aromatic N) is 1. The minimum atomic E-state index is -0.723. The van der Waals surface area contributed by atoms with Crippen LogP contribution in [0.3, 0.4) is 0 Å². The molecule has 4 N–H and O–H groups in total. The molecular formula is C16H20N4O. The first-order valence-electron chi connectivity index (χ1n) is 7.38. The molecule has 3 rings (SSSR count). The number of rotatable bonds is 3. The van der Waals surface area contributed by atoms with E-state index in [1.54, 1.807) is 12.4 Å². The smallest absolute Gasteiger partial charge is 0.244 e. The predicted molar refractivity (Wildman–Crippen MR) is 82.7 cm³/mol. The van der Waals surface area contributed by atoms with Gasteiger partial charge in [-0.05, 0) is 25.0 Å². The molecule has 1 aliphatic carbocycles. The molecule has 1 fully saturated rings. The summed E-state index contributed by atoms with van der Waals surface area (Å²) in [5.41, 5.74) is 7.22. The van der Waals surface area contributed by atoms with Crippen molar-refractivity contribution in [2.24, 2.45) is 5.73 Å². The lowest BCUT2D eigenvalue weighted by Crippen LogP contribution is -2.52. The van der Waals surface area contributed by atoms with Gasteiger partial charge in [0.1, 0.15) is 5.82 Å². The Balaban J connectivity index is 1.76. The first-order chi connectivity index (χ1) is 10.2. The average Bonchev–Trinajstić information content (AvgIpc) is 3.02. The van der Waals surface area contributed by atoms with Crippen molar-refractivity contribution < 1.29 is 4.79 Å². The van der Waals surface area contributed by atoms with Gasteiger partial charge in [-0.25, -0.2) is 4.98 Å². The predicted octanol–water partition coefficient (Wildman–Crippen LogP) is 2.68. The highest BCUT2D eigenvalue weighted by Crippen LogP contribution is 2.27. The standard InChI is InChI=1S/C16H20N4O/c17-16(7-2-1-3-8-16)15(21)20-13-6-4-5-12(11-13)14-18-9-10-19-14/h4-6,9-11H,1-3,7-8,17H2,(H,18,19)(H,20,21). The molecule has 5 nitrogen and oxygen atoms in total. The quantitative estimate of drug-likeness (QED) is 0.810. The fourth-order valence-electron chi connectivity index (χ4n) is 2.83. The van der Waals surface area contributed by atoms with Crippen LogP contribution in [0.4, 0.5) is 5.69 Å². The van der Waals surface area contributed by atoms with Crippen LogP contribution in [0.1, 0.15) is 32.1 Å². The zero-order valence-electron chi connectivity index (χ0n) is 11.9. The number of aromatic amines is 1. The van der Waals surface area contributed by atoms with E-state index in [0.717, 1.165) is 42.8 Å². The largest absolute Gasteiger partial charge is 0.345 e. The van der Waals surface area contributed by atoms with Crippen molar-refractivity contribution >= 4 is 11.6 Å². The van der Waals surface area contributed by atoms with E-state index in [2.05, 4.69) is 15.3 Å². The van der Waals surface area contributed by atoms with Gasteiger partial charge in [0.2, 0.25) is 5.91 Å². The van der Waals surface area contributed by atoms with E-state index in [1.165, 1.54) is 6.42 Å². The molecule has 1 saturated carbocycles. The highest BCUT2D eigenvalue weighted by molar-refractivity contribution is 5.98. The second kappa shape index (κ2) is 5.69. The van der Waals surface area contributed by atoms with E-state index >= 15 is 0 Å². The summed E-state index contributed by atoms with van der Waals surface area (Å²) in [5, 5.41) is 2.95. The molecule has 2 aromatic rings. The number of aromatic nitrogens is 2. The third kappa shape index (κ3) is 2.97. The van der Waals surface area contributed by atoms with Crippen molar-refractivity contribution in [3.63, 3.8) is 0 Å². The summed E-state index contributed by atoms with van der Waals surface area (Å²) in [6, 6.07) is 7.63. The average molecular weight is 284 g/mol. The molecule has 1 aromatic heterocycles. The van der Waals surface area contributed by atoms with Crippen LogP contribution < -0.4 is 11.1 Å². The van der Waals surface area contributed by atoms with Crippen LogP contribution in [0, 0.1) is 0 Å². The molecule has 5 heteroatoms. The fraction of sp³-hybridized carbons (Fsp3) is 0.375. The van der Waals surface area contributed by atoms with E-state index < -0.39 is 5.54 Å². The normalized spacial score (nSPS) is 17.4. The lowest BCUT2D eigenvalue weighted by atomic mass is 9.82. The van der Waals surface area contributed by atoms with Gasteiger partial charge in [-0.3, -0.25) is 4.79 Å². The Morgan fingerprint density at radius 2 is 2.10 bits per heavy atom. The van der Waals surface area contributed by atoms with Crippen molar-refractivity contribution in [1.29, 1.82) is 0 Å². The van der Waals surface area contributed by atoms with E-state index in [4.69, 9.17) is 5.73 Å². The van der Waals surface area contributed by atoms with Gasteiger partial charge in [-0.1, -0.05) is 31.4 Å². The Morgan fingerprint density at radius 3 is 2.81 bits per heavy atom. The Morgan fingerprint density at radius 1 is 1.29 bits per heavy atom. The van der Waals surface area contributed by atoms with Gasteiger partial charge in [0.15, 0.2) is 0 Å². The van der Waals surface area contributed by atoms with Gasteiger partial charge in [-0.15, -0.1) is 0 Å². The Labute approximate surface area is 124 Å². The molecule has 0 saturated heterocycles. The van der Waals surface area contributed by atoms with Crippen LogP contribution >= 0.6 is 0 Å². The Kier molecular flexibility index (Phi) is 3.75. The maximum atomic E-state index is 12.4. The van der Waals surface area contributed by atoms with Crippen LogP contribution in [0.5, 0.6) is 0 Å². The molecule has 0 bridgehead atoms. The highest BCUT2D eigenvalue weighted by Gasteiger charge is 2.35. The number of carbonyl (C=O) groups excluding carboxylic acids is 1. The third-order valence-corrected chi connectivity index (χ3v) is 4.09. The van der Waals surface area contributed by atoms with Crippen LogP contribution in [0.25, 0.3) is 11.4 Å². The van der Waals surface area contributed by atoms with Gasteiger partial charge >= 0.3 is 0 Å². The summed E-state index contributed by atoms with van der Waals surface area (Å²) in [7, 11) is 0. The summed E-state index contributed by atoms with van der Waals surface area (Å²) in [4.78, 5) is 19.7. The minimum Gasteiger partial charge on any atom is -0.345 e. The molecule has 0 aliphatic heterocycles. The van der Waals surface area contributed by atoms with Crippen LogP contribution in [0.15, 0.2) is 36.7 Å². The Hall–Kier alpha value is -2.14. The van der Waals surface area contributed by atoms with Gasteiger partial charge < -0.3 is 16.0 Å². The fourth-order valence-corrected chi connectivity index (χ4v) is 2.83. The third-order valence-electron chi connectivity index (χ3n) is 4.09. The van der Waals surface area contributed by atoms with Crippen molar-refractivity contribution in [2.45, 2.75) is 37.6 Å². The molecule has 0 atom stereocenters. The van der Waals surface area contributed by atoms with E-state index in [9.17, 15) is 4.79 Å². The lowest BCUT2D eigenvalue weighted by molar-refractivity contribution is -0.122. The number of anilines is 1. The van der Waals surface area contributed by atoms with Gasteiger partial charge in [0.05, 0.1) is 5.54 Å². The maximum absolute atomic E-state index is 12.4. The number of H-pyrrole nitrogens is 1. The van der Waals surface area contributed by atoms with Gasteiger partial charge in [0.25, 0.3) is 0 Å². The first-order valence-corrected chi connectivity index (χ1v) is 7.38. The molecule has 0 spiro atoms. The van der Waals surface area contributed by atoms with Crippen molar-refractivity contribution in [1.82, 2.24) is 9.97 Å². The summed E-state index contributed by atoms with van der Waals surface area (Å²) >= 11 is 0. The number of nitrogens with two attached hydrogens (primary N) is 1. The molecule has 1 amide bonds. The van der Waals surface area contributed by atoms with Crippen LogP contribution in [-0.2, 0) is 4.79 Å². The summed E-state index contributed by atoms with van der Waals surface area (Å²) in [6.07, 6.45) is 8.22. The zero-order chi connectivity index (χ0) is 14.7. The number of imidazole rings is 1. The number of carbonyl (C=O) groups is 1. The number of hydrogen-bond donors (Lipinski definition) is 3. The summed E-state index contributed by atoms with van der Waals surface area (Å²) in [6.45, 7) is 0. The monoisotopic (exact) mass is 284 g/mol. The second-order valence-corrected chi connectivity index (χ2v) is 5.69. The van der Waals surface area contributed by atoms with Crippen molar-refractivity contribution in [2.75, 3.05) is 5.32 Å². The number of nitrogens with one attached hydrogen (secondary N) is 2. The van der Waals surface area contributed by atoms with E-state index in [0.29, 0.717) is 0 Å². The molecular weight excluding hydrogens is 264 g/mol. The SMILES string of the molecule is NC1(C(=O)Nc2cccc(-c3ncc[nH]3)c2)CCCCC1. The van der Waals surface area contributed by atoms with Crippen molar-refractivity contribution in [3.05, 3.63) is 36.7 Å². The molecule has 0 unspecified atom stereocenters. The molecule has 1 heterocycles. The summed E-state index contributed by atoms with van der Waals surface area (Å²) < 4.78 is 0. The molecule has 21 heavy (non-hydrogen) atoms. The number of amides is 1. The van der Waals surface area contributed by atoms with Crippen LogP contribution in [0.2, 0.25) is 0 Å². The second-order valence-electron chi connectivity index (χ2n) is 5.69. The molecule has 1 aliphatic rings. The first kappa shape index (κ1) is 13.8. The van der Waals surface area contributed by atoms with Gasteiger partial charge in [0, 0.05) is 23.6 Å². The summed E-state index contributed by atoms with van der Waals surface area (Å²) in [5.74, 6) is 0.699. The number of hydrogen-bond acceptors (Lipinski definition) is 3. The van der Waals surface area contributed by atoms with E-state index in [-0.39, 0.29) is 5.91 Å². The van der Waals surface area contributed by atoms with Crippen LogP contribution in [-0.4, -0.2) is 21.4 Å². The van der Waals surface area contributed by atoms with Gasteiger partial charge in [-0.2, -0.15) is 0 Å². The zero-order valence-corrected chi connectivity index (χ0v) is 11.9. The number of benzene rings is 1. The van der Waals surface area contributed by atoms with E-state index in [1.807, 2.05) is 24.3 Å².